The van der Waals surface area contributed by atoms with Crippen molar-refractivity contribution in [2.75, 3.05) is 26.3 Å². The molecule has 0 bridgehead atoms. The monoisotopic (exact) mass is 277 g/mol. The molecule has 0 N–H and O–H groups in total. The first-order valence-electron chi connectivity index (χ1n) is 7.56. The van der Waals surface area contributed by atoms with E-state index in [9.17, 15) is 4.79 Å². The van der Waals surface area contributed by atoms with Crippen LogP contribution in [0.2, 0.25) is 0 Å². The summed E-state index contributed by atoms with van der Waals surface area (Å²) in [7, 11) is 1.85. The lowest BCUT2D eigenvalue weighted by Gasteiger charge is -2.26. The second kappa shape index (κ2) is 6.06. The smallest absolute Gasteiger partial charge is 0.167 e. The third-order valence-electron chi connectivity index (χ3n) is 4.46. The van der Waals surface area contributed by atoms with Crippen LogP contribution in [0.3, 0.4) is 0 Å². The third kappa shape index (κ3) is 3.10. The Morgan fingerprint density at radius 1 is 1.50 bits per heavy atom. The Balaban J connectivity index is 1.56. The van der Waals surface area contributed by atoms with E-state index in [-0.39, 0.29) is 5.78 Å². The predicted molar refractivity (Wildman–Crippen MR) is 75.7 cm³/mol. The number of likely N-dealkylation sites (tertiary alicyclic amines) is 1. The summed E-state index contributed by atoms with van der Waals surface area (Å²) in [5, 5.41) is 4.08. The predicted octanol–water partition coefficient (Wildman–Crippen LogP) is 1.49. The van der Waals surface area contributed by atoms with Gasteiger partial charge >= 0.3 is 0 Å². The molecule has 2 fully saturated rings. The zero-order chi connectivity index (χ0) is 13.9. The van der Waals surface area contributed by atoms with Crippen molar-refractivity contribution in [3.05, 3.63) is 18.0 Å². The molecule has 0 aliphatic carbocycles. The van der Waals surface area contributed by atoms with Gasteiger partial charge in [0.15, 0.2) is 5.78 Å². The van der Waals surface area contributed by atoms with Crippen LogP contribution >= 0.6 is 0 Å². The topological polar surface area (TPSA) is 47.4 Å². The van der Waals surface area contributed by atoms with Gasteiger partial charge in [-0.2, -0.15) is 5.10 Å². The quantitative estimate of drug-likeness (QED) is 0.765. The number of carbonyl (C=O) groups is 1. The fourth-order valence-corrected chi connectivity index (χ4v) is 3.32. The SMILES string of the molecule is Cn1cc(C(=O)CC2CCCN2CC2CCOC2)cn1. The molecule has 1 aromatic rings. The molecule has 0 spiro atoms. The first-order valence-corrected chi connectivity index (χ1v) is 7.56. The Hall–Kier alpha value is -1.20. The highest BCUT2D eigenvalue weighted by Gasteiger charge is 2.30. The van der Waals surface area contributed by atoms with E-state index in [4.69, 9.17) is 4.74 Å². The minimum Gasteiger partial charge on any atom is -0.381 e. The molecule has 3 heterocycles. The van der Waals surface area contributed by atoms with Crippen LogP contribution in [0.15, 0.2) is 12.4 Å². The molecule has 2 saturated heterocycles. The maximum atomic E-state index is 12.3. The van der Waals surface area contributed by atoms with E-state index in [1.54, 1.807) is 10.9 Å². The van der Waals surface area contributed by atoms with E-state index in [0.717, 1.165) is 38.3 Å². The van der Waals surface area contributed by atoms with Gasteiger partial charge < -0.3 is 4.74 Å². The van der Waals surface area contributed by atoms with Crippen molar-refractivity contribution in [3.63, 3.8) is 0 Å². The van der Waals surface area contributed by atoms with Gasteiger partial charge in [-0.05, 0) is 31.7 Å². The van der Waals surface area contributed by atoms with Crippen LogP contribution in [0.4, 0.5) is 0 Å². The van der Waals surface area contributed by atoms with Gasteiger partial charge in [0.2, 0.25) is 0 Å². The highest BCUT2D eigenvalue weighted by atomic mass is 16.5. The molecule has 0 radical (unpaired) electrons. The van der Waals surface area contributed by atoms with E-state index in [1.807, 2.05) is 13.2 Å². The fourth-order valence-electron chi connectivity index (χ4n) is 3.32. The summed E-state index contributed by atoms with van der Waals surface area (Å²) in [6, 6.07) is 0.406. The van der Waals surface area contributed by atoms with Gasteiger partial charge in [0, 0.05) is 38.9 Å². The van der Waals surface area contributed by atoms with Crippen molar-refractivity contribution in [1.29, 1.82) is 0 Å². The molecule has 3 rings (SSSR count). The molecule has 2 aliphatic rings. The van der Waals surface area contributed by atoms with E-state index in [0.29, 0.717) is 18.4 Å². The van der Waals surface area contributed by atoms with Crippen LogP contribution in [0.1, 0.15) is 36.0 Å². The average Bonchev–Trinajstić information content (AvgIpc) is 3.13. The maximum absolute atomic E-state index is 12.3. The van der Waals surface area contributed by atoms with E-state index < -0.39 is 0 Å². The van der Waals surface area contributed by atoms with Crippen LogP contribution in [0, 0.1) is 5.92 Å². The van der Waals surface area contributed by atoms with Crippen molar-refractivity contribution >= 4 is 5.78 Å². The van der Waals surface area contributed by atoms with Crippen molar-refractivity contribution in [2.24, 2.45) is 13.0 Å². The van der Waals surface area contributed by atoms with Crippen LogP contribution in [0.25, 0.3) is 0 Å². The van der Waals surface area contributed by atoms with E-state index >= 15 is 0 Å². The van der Waals surface area contributed by atoms with Gasteiger partial charge in [-0.15, -0.1) is 0 Å². The number of Topliss-reactive ketones (excluding diaryl/α,β-unsaturated/α-hetero) is 1. The summed E-state index contributed by atoms with van der Waals surface area (Å²) >= 11 is 0. The third-order valence-corrected chi connectivity index (χ3v) is 4.46. The highest BCUT2D eigenvalue weighted by Crippen LogP contribution is 2.25. The number of rotatable bonds is 5. The lowest BCUT2D eigenvalue weighted by molar-refractivity contribution is 0.0930. The van der Waals surface area contributed by atoms with Gasteiger partial charge in [0.25, 0.3) is 0 Å². The van der Waals surface area contributed by atoms with Gasteiger partial charge in [0.05, 0.1) is 18.4 Å². The van der Waals surface area contributed by atoms with Crippen molar-refractivity contribution < 1.29 is 9.53 Å². The first-order chi connectivity index (χ1) is 9.72. The lowest BCUT2D eigenvalue weighted by atomic mass is 10.0. The van der Waals surface area contributed by atoms with E-state index in [1.165, 1.54) is 12.8 Å². The summed E-state index contributed by atoms with van der Waals surface area (Å²) in [6.07, 6.45) is 7.62. The van der Waals surface area contributed by atoms with Gasteiger partial charge in [0.1, 0.15) is 0 Å². The molecule has 0 aromatic carbocycles. The summed E-state index contributed by atoms with van der Waals surface area (Å²) < 4.78 is 7.14. The van der Waals surface area contributed by atoms with Gasteiger partial charge in [-0.3, -0.25) is 14.4 Å². The first kappa shape index (κ1) is 13.8. The number of hydrogen-bond acceptors (Lipinski definition) is 4. The molecule has 0 saturated carbocycles. The summed E-state index contributed by atoms with van der Waals surface area (Å²) in [6.45, 7) is 4.00. The number of carbonyl (C=O) groups excluding carboxylic acids is 1. The fraction of sp³-hybridized carbons (Fsp3) is 0.733. The van der Waals surface area contributed by atoms with Crippen LogP contribution in [-0.4, -0.2) is 52.8 Å². The summed E-state index contributed by atoms with van der Waals surface area (Å²) in [4.78, 5) is 14.8. The normalized spacial score (nSPS) is 27.2. The molecule has 2 aliphatic heterocycles. The van der Waals surface area contributed by atoms with Crippen molar-refractivity contribution in [1.82, 2.24) is 14.7 Å². The Morgan fingerprint density at radius 3 is 3.10 bits per heavy atom. The molecule has 20 heavy (non-hydrogen) atoms. The van der Waals surface area contributed by atoms with Crippen LogP contribution < -0.4 is 0 Å². The van der Waals surface area contributed by atoms with Crippen LogP contribution in [0.5, 0.6) is 0 Å². The van der Waals surface area contributed by atoms with Crippen LogP contribution in [-0.2, 0) is 11.8 Å². The molecule has 5 heteroatoms. The Bertz CT molecular complexity index is 465. The molecule has 5 nitrogen and oxygen atoms in total. The number of nitrogens with zero attached hydrogens (tertiary/aromatic N) is 3. The zero-order valence-corrected chi connectivity index (χ0v) is 12.1. The maximum Gasteiger partial charge on any atom is 0.167 e. The second-order valence-electron chi connectivity index (χ2n) is 6.05. The minimum absolute atomic E-state index is 0.220. The largest absolute Gasteiger partial charge is 0.381 e. The minimum atomic E-state index is 0.220. The number of ether oxygens (including phenoxy) is 1. The number of ketones is 1. The zero-order valence-electron chi connectivity index (χ0n) is 12.1. The van der Waals surface area contributed by atoms with E-state index in [2.05, 4.69) is 10.00 Å². The molecule has 2 unspecified atom stereocenters. The lowest BCUT2D eigenvalue weighted by Crippen LogP contribution is -2.35. The van der Waals surface area contributed by atoms with Crippen molar-refractivity contribution in [2.45, 2.75) is 31.7 Å². The molecule has 2 atom stereocenters. The standard InChI is InChI=1S/C15H23N3O2/c1-17-10-13(8-16-17)15(19)7-14-3-2-5-18(14)9-12-4-6-20-11-12/h8,10,12,14H,2-7,9,11H2,1H3. The highest BCUT2D eigenvalue weighted by molar-refractivity contribution is 5.96. The van der Waals surface area contributed by atoms with Gasteiger partial charge in [-0.25, -0.2) is 0 Å². The molecular weight excluding hydrogens is 254 g/mol. The molecular formula is C15H23N3O2. The molecule has 1 aromatic heterocycles. The number of aryl methyl sites for hydroxylation is 1. The van der Waals surface area contributed by atoms with Crippen molar-refractivity contribution in [3.8, 4) is 0 Å². The Morgan fingerprint density at radius 2 is 2.40 bits per heavy atom. The summed E-state index contributed by atoms with van der Waals surface area (Å²) in [5.74, 6) is 0.877. The Labute approximate surface area is 119 Å². The number of hydrogen-bond donors (Lipinski definition) is 0. The Kier molecular flexibility index (Phi) is 4.17. The van der Waals surface area contributed by atoms with Gasteiger partial charge in [-0.1, -0.05) is 0 Å². The summed E-state index contributed by atoms with van der Waals surface area (Å²) in [5.41, 5.74) is 0.739. The number of aromatic nitrogens is 2. The second-order valence-corrected chi connectivity index (χ2v) is 6.05. The molecule has 110 valence electrons. The molecule has 0 amide bonds. The average molecular weight is 277 g/mol.